The molecule has 0 radical (unpaired) electrons. The van der Waals surface area contributed by atoms with Crippen LogP contribution in [0.2, 0.25) is 17.4 Å². The van der Waals surface area contributed by atoms with E-state index in [4.69, 9.17) is 49.0 Å². The van der Waals surface area contributed by atoms with E-state index < -0.39 is 22.9 Å². The summed E-state index contributed by atoms with van der Waals surface area (Å²) in [6.45, 7) is 1.82. The van der Waals surface area contributed by atoms with Gasteiger partial charge in [-0.25, -0.2) is 15.8 Å². The Labute approximate surface area is 113 Å². The third-order valence-corrected chi connectivity index (χ3v) is 19.7. The Morgan fingerprint density at radius 1 is 1.12 bits per heavy atom. The van der Waals surface area contributed by atoms with Crippen LogP contribution in [0, 0.1) is 32.9 Å². The molecule has 86 valence electrons. The van der Waals surface area contributed by atoms with Crippen molar-refractivity contribution in [2.45, 2.75) is 24.3 Å². The lowest BCUT2D eigenvalue weighted by Crippen LogP contribution is -2.41. The van der Waals surface area contributed by atoms with Gasteiger partial charge in [0.05, 0.1) is 0 Å². The minimum Gasteiger partial charge on any atom is -0.205 e. The first-order valence-electron chi connectivity index (χ1n) is 4.59. The maximum absolute atomic E-state index is 9.07. The highest BCUT2D eigenvalue weighted by atomic mass is 35.6. The average Bonchev–Trinajstić information content (AvgIpc) is 2.28. The van der Waals surface area contributed by atoms with Crippen LogP contribution in [0.1, 0.15) is 6.92 Å². The lowest BCUT2D eigenvalue weighted by Gasteiger charge is -2.21. The number of nitriles is 3. The summed E-state index contributed by atoms with van der Waals surface area (Å²) in [6, 6.07) is 0.551. The third kappa shape index (κ3) is 4.88. The lowest BCUT2D eigenvalue weighted by molar-refractivity contribution is 1.38. The molecule has 0 aliphatic heterocycles. The van der Waals surface area contributed by atoms with Crippen molar-refractivity contribution in [3.8, 4) is 17.1 Å². The van der Waals surface area contributed by atoms with Crippen molar-refractivity contribution < 1.29 is 0 Å². The van der Waals surface area contributed by atoms with Crippen molar-refractivity contribution in [2.24, 2.45) is 0 Å². The second kappa shape index (κ2) is 6.66. The van der Waals surface area contributed by atoms with Gasteiger partial charge in [-0.1, -0.05) is 6.92 Å². The van der Waals surface area contributed by atoms with E-state index >= 15 is 0 Å². The number of rotatable bonds is 5. The van der Waals surface area contributed by atoms with Gasteiger partial charge in [-0.2, -0.15) is 11.1 Å². The van der Waals surface area contributed by atoms with E-state index in [-0.39, 0.29) is 11.3 Å². The van der Waals surface area contributed by atoms with Gasteiger partial charge in [0.1, 0.15) is 0 Å². The fourth-order valence-electron chi connectivity index (χ4n) is 1.17. The summed E-state index contributed by atoms with van der Waals surface area (Å²) in [5.41, 5.74) is 6.71. The van der Waals surface area contributed by atoms with Crippen molar-refractivity contribution in [2.75, 3.05) is 0 Å². The molecule has 0 aromatic carbocycles. The Hall–Kier alpha value is -0.00935. The van der Waals surface area contributed by atoms with Crippen molar-refractivity contribution >= 4 is 56.1 Å². The van der Waals surface area contributed by atoms with E-state index in [1.54, 1.807) is 0 Å². The van der Waals surface area contributed by atoms with Crippen LogP contribution in [0.4, 0.5) is 0 Å². The summed E-state index contributed by atoms with van der Waals surface area (Å²) in [5, 5.41) is 26.7. The van der Waals surface area contributed by atoms with E-state index in [1.165, 1.54) is 0 Å². The second-order valence-electron chi connectivity index (χ2n) is 3.49. The smallest absolute Gasteiger partial charge is 0.205 e. The predicted molar refractivity (Wildman–Crippen MR) is 73.2 cm³/mol. The highest BCUT2D eigenvalue weighted by molar-refractivity contribution is 7.40. The Bertz CT molecular complexity index is 374. The van der Waals surface area contributed by atoms with Crippen molar-refractivity contribution in [3.63, 3.8) is 0 Å². The average molecular weight is 327 g/mol. The molecule has 0 amide bonds. The summed E-state index contributed by atoms with van der Waals surface area (Å²) in [4.78, 5) is 0. The first-order chi connectivity index (χ1) is 7.34. The Morgan fingerprint density at radius 2 is 1.62 bits per heavy atom. The SMILES string of the molecule is CC[Si](Cl)(C#N)C[Si](Cl)(C#N)C[SiH](Cl)C#N. The highest BCUT2D eigenvalue weighted by Crippen LogP contribution is 2.31. The van der Waals surface area contributed by atoms with E-state index in [0.717, 1.165) is 0 Å². The molecule has 0 bridgehead atoms. The molecule has 0 saturated heterocycles. The topological polar surface area (TPSA) is 71.4 Å². The van der Waals surface area contributed by atoms with Gasteiger partial charge in [-0.05, 0) is 17.4 Å². The van der Waals surface area contributed by atoms with Crippen LogP contribution in [0.15, 0.2) is 0 Å². The minimum absolute atomic E-state index is 0.282. The number of nitrogens with zero attached hydrogens (tertiary/aromatic N) is 3. The molecule has 0 N–H and O–H groups in total. The maximum atomic E-state index is 9.07. The molecule has 0 spiro atoms. The summed E-state index contributed by atoms with van der Waals surface area (Å²) in [7, 11) is -7.48. The van der Waals surface area contributed by atoms with E-state index in [0.29, 0.717) is 6.04 Å². The standard InChI is InChI=1S/C7H10Cl3N3Si3/c1-2-15(9,4-12)7-16(10,5-13)6-14(8)3-11/h14H,2,6-7H2,1H3. The molecule has 0 aromatic rings. The number of hydrogen-bond donors (Lipinski definition) is 0. The Balaban J connectivity index is 4.83. The first kappa shape index (κ1) is 16.0. The van der Waals surface area contributed by atoms with Crippen LogP contribution in [0.3, 0.4) is 0 Å². The Morgan fingerprint density at radius 3 is 1.94 bits per heavy atom. The molecule has 0 aliphatic rings. The molecule has 0 rings (SSSR count). The molecule has 9 heteroatoms. The number of hydrogen-bond acceptors (Lipinski definition) is 3. The zero-order chi connectivity index (χ0) is 12.8. The van der Waals surface area contributed by atoms with Crippen molar-refractivity contribution in [1.29, 1.82) is 15.8 Å². The summed E-state index contributed by atoms with van der Waals surface area (Å²) < 4.78 is 0. The van der Waals surface area contributed by atoms with Crippen LogP contribution >= 0.6 is 33.2 Å². The predicted octanol–water partition coefficient (Wildman–Crippen LogP) is 2.60. The molecule has 0 aromatic heterocycles. The fraction of sp³-hybridized carbons (Fsp3) is 0.571. The fourth-order valence-corrected chi connectivity index (χ4v) is 20.6. The molecule has 0 saturated carbocycles. The summed E-state index contributed by atoms with van der Waals surface area (Å²) >= 11 is 18.2. The summed E-state index contributed by atoms with van der Waals surface area (Å²) in [6.07, 6.45) is 0. The Kier molecular flexibility index (Phi) is 6.66. The van der Waals surface area contributed by atoms with Crippen molar-refractivity contribution in [3.05, 3.63) is 0 Å². The second-order valence-corrected chi connectivity index (χ2v) is 18.7. The quantitative estimate of drug-likeness (QED) is 0.576. The van der Waals surface area contributed by atoms with Gasteiger partial charge in [-0.3, -0.25) is 0 Å². The van der Waals surface area contributed by atoms with Gasteiger partial charge >= 0.3 is 0 Å². The van der Waals surface area contributed by atoms with Gasteiger partial charge in [0.2, 0.25) is 0 Å². The van der Waals surface area contributed by atoms with E-state index in [1.807, 2.05) is 12.6 Å². The zero-order valence-electron chi connectivity index (χ0n) is 8.67. The number of halogens is 3. The molecule has 3 unspecified atom stereocenters. The normalized spacial score (nSPS) is 19.3. The highest BCUT2D eigenvalue weighted by Gasteiger charge is 2.45. The van der Waals surface area contributed by atoms with Gasteiger partial charge in [0.15, 0.2) is 0 Å². The first-order valence-corrected chi connectivity index (χ1v) is 14.6. The third-order valence-electron chi connectivity index (χ3n) is 2.16. The largest absolute Gasteiger partial charge is 0.268 e. The maximum Gasteiger partial charge on any atom is 0.268 e. The zero-order valence-corrected chi connectivity index (χ0v) is 14.1. The van der Waals surface area contributed by atoms with E-state index in [9.17, 15) is 0 Å². The van der Waals surface area contributed by atoms with Gasteiger partial charge in [0, 0.05) is 17.1 Å². The molecule has 3 atom stereocenters. The van der Waals surface area contributed by atoms with Crippen LogP contribution in [0.5, 0.6) is 0 Å². The van der Waals surface area contributed by atoms with Gasteiger partial charge in [0.25, 0.3) is 22.9 Å². The van der Waals surface area contributed by atoms with Crippen LogP contribution in [0.25, 0.3) is 0 Å². The molecule has 0 fully saturated rings. The summed E-state index contributed by atoms with van der Waals surface area (Å²) in [5.74, 6) is 0. The molecule has 0 heterocycles. The van der Waals surface area contributed by atoms with Crippen LogP contribution < -0.4 is 0 Å². The molecule has 16 heavy (non-hydrogen) atoms. The molecule has 0 aliphatic carbocycles. The molecular weight excluding hydrogens is 317 g/mol. The molecular formula is C7H10Cl3N3Si3. The van der Waals surface area contributed by atoms with E-state index in [2.05, 4.69) is 11.4 Å². The molecule has 3 nitrogen and oxygen atoms in total. The monoisotopic (exact) mass is 325 g/mol. The van der Waals surface area contributed by atoms with Crippen molar-refractivity contribution in [1.82, 2.24) is 0 Å². The minimum atomic E-state index is -2.79. The lowest BCUT2D eigenvalue weighted by atomic mass is 11.0. The van der Waals surface area contributed by atoms with Crippen LogP contribution in [-0.2, 0) is 0 Å². The van der Waals surface area contributed by atoms with Gasteiger partial charge < -0.3 is 0 Å². The van der Waals surface area contributed by atoms with Gasteiger partial charge in [-0.15, -0.1) is 22.2 Å². The van der Waals surface area contributed by atoms with Crippen LogP contribution in [-0.4, -0.2) is 22.9 Å².